The third kappa shape index (κ3) is 10.1. The second kappa shape index (κ2) is 17.0. The van der Waals surface area contributed by atoms with Gasteiger partial charge in [-0.05, 0) is 91.5 Å². The maximum atomic E-state index is 11.0. The molecule has 1 atom stereocenters. The van der Waals surface area contributed by atoms with Crippen LogP contribution in [0.3, 0.4) is 0 Å². The summed E-state index contributed by atoms with van der Waals surface area (Å²) < 4.78 is 10.9. The molecule has 0 saturated carbocycles. The van der Waals surface area contributed by atoms with Gasteiger partial charge < -0.3 is 14.8 Å². The quantitative estimate of drug-likeness (QED) is 0.0574. The first-order valence-corrected chi connectivity index (χ1v) is 15.7. The molecule has 4 rings (SSSR count). The first-order chi connectivity index (χ1) is 21.4. The van der Waals surface area contributed by atoms with Crippen LogP contribution in [0.5, 0.6) is 5.75 Å². The van der Waals surface area contributed by atoms with Crippen LogP contribution >= 0.6 is 0 Å². The molecule has 0 aliphatic rings. The minimum absolute atomic E-state index is 0.361. The molecule has 6 heteroatoms. The molecule has 230 valence electrons. The number of ether oxygens (including phenoxy) is 2. The van der Waals surface area contributed by atoms with Crippen LogP contribution < -0.4 is 10.1 Å². The van der Waals surface area contributed by atoms with Crippen LogP contribution in [-0.4, -0.2) is 19.2 Å². The summed E-state index contributed by atoms with van der Waals surface area (Å²) in [7, 11) is 0. The van der Waals surface area contributed by atoms with Gasteiger partial charge in [-0.2, -0.15) is 5.11 Å². The summed E-state index contributed by atoms with van der Waals surface area (Å²) in [6.07, 6.45) is 6.23. The lowest BCUT2D eigenvalue weighted by Crippen LogP contribution is -2.02. The molecule has 4 aromatic rings. The second-order valence-corrected chi connectivity index (χ2v) is 11.6. The molecule has 0 bridgehead atoms. The SMILES string of the molecule is C=CC(=O)OCCCCCCOc1ccc(CNc2ccc(N=Nc3ccc(C(C)CC(C)C)cc3)c3ccccc23)cc1. The maximum Gasteiger partial charge on any atom is 0.330 e. The molecule has 44 heavy (non-hydrogen) atoms. The Morgan fingerprint density at radius 3 is 2.23 bits per heavy atom. The number of benzene rings is 4. The zero-order valence-corrected chi connectivity index (χ0v) is 26.3. The number of nitrogens with zero attached hydrogens (tertiary/aromatic N) is 2. The van der Waals surface area contributed by atoms with Gasteiger partial charge in [-0.15, -0.1) is 5.11 Å². The van der Waals surface area contributed by atoms with E-state index in [-0.39, 0.29) is 5.97 Å². The molecule has 1 unspecified atom stereocenters. The molecular formula is C38H45N3O3. The van der Waals surface area contributed by atoms with Gasteiger partial charge in [0, 0.05) is 29.1 Å². The fraction of sp³-hybridized carbons (Fsp3) is 0.342. The zero-order chi connectivity index (χ0) is 31.1. The van der Waals surface area contributed by atoms with Crippen molar-refractivity contribution in [2.45, 2.75) is 65.3 Å². The summed E-state index contributed by atoms with van der Waals surface area (Å²) in [4.78, 5) is 11.0. The fourth-order valence-corrected chi connectivity index (χ4v) is 5.23. The average Bonchev–Trinajstić information content (AvgIpc) is 3.04. The van der Waals surface area contributed by atoms with Gasteiger partial charge in [0.25, 0.3) is 0 Å². The monoisotopic (exact) mass is 591 g/mol. The Bertz CT molecular complexity index is 1510. The van der Waals surface area contributed by atoms with Gasteiger partial charge in [0.2, 0.25) is 0 Å². The van der Waals surface area contributed by atoms with Crippen molar-refractivity contribution < 1.29 is 14.3 Å². The van der Waals surface area contributed by atoms with Crippen molar-refractivity contribution in [1.82, 2.24) is 0 Å². The molecular weight excluding hydrogens is 546 g/mol. The summed E-state index contributed by atoms with van der Waals surface area (Å²) in [5, 5.41) is 14.9. The van der Waals surface area contributed by atoms with E-state index in [0.29, 0.717) is 31.6 Å². The van der Waals surface area contributed by atoms with Gasteiger partial charge in [0.1, 0.15) is 5.75 Å². The standard InChI is InChI=1S/C38H45N3O3/c1-5-38(42)44-25-11-7-6-10-24-43-33-20-14-30(15-21-33)27-39-36-22-23-37(35-13-9-8-12-34(35)36)41-40-32-18-16-31(17-19-32)29(4)26-28(2)3/h5,8-9,12-23,28-29,39H,1,6-7,10-11,24-27H2,2-4H3. The minimum atomic E-state index is -0.361. The zero-order valence-electron chi connectivity index (χ0n) is 26.3. The number of carbonyl (C=O) groups excluding carboxylic acids is 1. The van der Waals surface area contributed by atoms with Crippen molar-refractivity contribution in [2.75, 3.05) is 18.5 Å². The molecule has 0 aromatic heterocycles. The number of azo groups is 1. The molecule has 0 radical (unpaired) electrons. The number of anilines is 1. The first-order valence-electron chi connectivity index (χ1n) is 15.7. The Hall–Kier alpha value is -4.45. The van der Waals surface area contributed by atoms with Gasteiger partial charge >= 0.3 is 5.97 Å². The van der Waals surface area contributed by atoms with E-state index in [9.17, 15) is 4.79 Å². The van der Waals surface area contributed by atoms with E-state index in [1.165, 1.54) is 23.6 Å². The second-order valence-electron chi connectivity index (χ2n) is 11.6. The smallest absolute Gasteiger partial charge is 0.330 e. The summed E-state index contributed by atoms with van der Waals surface area (Å²) >= 11 is 0. The van der Waals surface area contributed by atoms with Gasteiger partial charge in [-0.1, -0.05) is 75.9 Å². The Morgan fingerprint density at radius 1 is 0.818 bits per heavy atom. The van der Waals surface area contributed by atoms with E-state index in [0.717, 1.165) is 59.3 Å². The molecule has 0 heterocycles. The van der Waals surface area contributed by atoms with Crippen molar-refractivity contribution in [3.63, 3.8) is 0 Å². The average molecular weight is 592 g/mol. The highest BCUT2D eigenvalue weighted by molar-refractivity contribution is 6.00. The topological polar surface area (TPSA) is 72.3 Å². The van der Waals surface area contributed by atoms with E-state index in [4.69, 9.17) is 9.47 Å². The number of unbranched alkanes of at least 4 members (excludes halogenated alkanes) is 3. The Kier molecular flexibility index (Phi) is 12.5. The minimum Gasteiger partial charge on any atom is -0.494 e. The number of nitrogens with one attached hydrogen (secondary N) is 1. The lowest BCUT2D eigenvalue weighted by Gasteiger charge is -2.14. The molecule has 4 aromatic carbocycles. The lowest BCUT2D eigenvalue weighted by atomic mass is 9.92. The molecule has 0 spiro atoms. The molecule has 1 N–H and O–H groups in total. The van der Waals surface area contributed by atoms with E-state index < -0.39 is 0 Å². The van der Waals surface area contributed by atoms with Crippen LogP contribution in [-0.2, 0) is 16.1 Å². The van der Waals surface area contributed by atoms with Gasteiger partial charge in [0.15, 0.2) is 0 Å². The number of carbonyl (C=O) groups is 1. The number of rotatable bonds is 17. The maximum absolute atomic E-state index is 11.0. The first kappa shape index (κ1) is 32.5. The molecule has 0 amide bonds. The highest BCUT2D eigenvalue weighted by atomic mass is 16.5. The van der Waals surface area contributed by atoms with E-state index in [1.807, 2.05) is 24.3 Å². The summed E-state index contributed by atoms with van der Waals surface area (Å²) in [5.74, 6) is 1.72. The van der Waals surface area contributed by atoms with Gasteiger partial charge in [-0.3, -0.25) is 0 Å². The summed E-state index contributed by atoms with van der Waals surface area (Å²) in [6, 6.07) is 29.1. The molecule has 0 saturated heterocycles. The number of esters is 1. The van der Waals surface area contributed by atoms with Crippen LogP contribution in [0.1, 0.15) is 69.9 Å². The molecule has 0 aliphatic heterocycles. The summed E-state index contributed by atoms with van der Waals surface area (Å²) in [5.41, 5.74) is 5.27. The normalized spacial score (nSPS) is 12.0. The van der Waals surface area contributed by atoms with Crippen molar-refractivity contribution in [3.05, 3.63) is 109 Å². The Balaban J connectivity index is 1.28. The van der Waals surface area contributed by atoms with Crippen LogP contribution in [0.25, 0.3) is 10.8 Å². The number of fused-ring (bicyclic) bond motifs is 1. The van der Waals surface area contributed by atoms with Crippen LogP contribution in [0.4, 0.5) is 17.1 Å². The fourth-order valence-electron chi connectivity index (χ4n) is 5.23. The van der Waals surface area contributed by atoms with Crippen molar-refractivity contribution >= 4 is 33.8 Å². The van der Waals surface area contributed by atoms with Crippen LogP contribution in [0.15, 0.2) is 108 Å². The van der Waals surface area contributed by atoms with Crippen LogP contribution in [0.2, 0.25) is 0 Å². The largest absolute Gasteiger partial charge is 0.494 e. The lowest BCUT2D eigenvalue weighted by molar-refractivity contribution is -0.137. The number of hydrogen-bond donors (Lipinski definition) is 1. The van der Waals surface area contributed by atoms with E-state index >= 15 is 0 Å². The molecule has 0 fully saturated rings. The van der Waals surface area contributed by atoms with Gasteiger partial charge in [0.05, 0.1) is 24.6 Å². The highest BCUT2D eigenvalue weighted by Gasteiger charge is 2.09. The van der Waals surface area contributed by atoms with Crippen molar-refractivity contribution in [2.24, 2.45) is 16.1 Å². The summed E-state index contributed by atoms with van der Waals surface area (Å²) in [6.45, 7) is 12.0. The van der Waals surface area contributed by atoms with E-state index in [2.05, 4.69) is 104 Å². The third-order valence-corrected chi connectivity index (χ3v) is 7.59. The predicted octanol–water partition coefficient (Wildman–Crippen LogP) is 10.7. The Labute approximate surface area is 262 Å². The number of hydrogen-bond acceptors (Lipinski definition) is 6. The molecule has 0 aliphatic carbocycles. The predicted molar refractivity (Wildman–Crippen MR) is 181 cm³/mol. The van der Waals surface area contributed by atoms with Crippen molar-refractivity contribution in [1.29, 1.82) is 0 Å². The van der Waals surface area contributed by atoms with E-state index in [1.54, 1.807) is 0 Å². The Morgan fingerprint density at radius 2 is 1.52 bits per heavy atom. The third-order valence-electron chi connectivity index (χ3n) is 7.59. The highest BCUT2D eigenvalue weighted by Crippen LogP contribution is 2.33. The van der Waals surface area contributed by atoms with Crippen molar-refractivity contribution in [3.8, 4) is 5.75 Å². The molecule has 6 nitrogen and oxygen atoms in total. The van der Waals surface area contributed by atoms with Gasteiger partial charge in [-0.25, -0.2) is 4.79 Å². The van der Waals surface area contributed by atoms with Crippen LogP contribution in [0, 0.1) is 5.92 Å².